The van der Waals surface area contributed by atoms with Crippen molar-refractivity contribution < 1.29 is 55.1 Å². The smallest absolute Gasteiger partial charge is 0.409 e. The van der Waals surface area contributed by atoms with Crippen LogP contribution >= 0.6 is 0 Å². The number of anilines is 4. The molecule has 9 aliphatic rings. The number of fused-ring (bicyclic) bond motifs is 6. The van der Waals surface area contributed by atoms with Gasteiger partial charge in [-0.2, -0.15) is 13.2 Å². The maximum atomic E-state index is 14.3. The molecule has 0 atom stereocenters. The van der Waals surface area contributed by atoms with Crippen molar-refractivity contribution >= 4 is 52.8 Å². The van der Waals surface area contributed by atoms with Crippen LogP contribution in [-0.4, -0.2) is 231 Å². The molecule has 3 spiro atoms. The number of hydrogen-bond donors (Lipinski definition) is 0. The van der Waals surface area contributed by atoms with Gasteiger partial charge < -0.3 is 48.8 Å². The van der Waals surface area contributed by atoms with E-state index in [1.807, 2.05) is 52.1 Å². The minimum absolute atomic E-state index is 0.0442. The molecule has 0 saturated carbocycles. The Bertz CT molecular complexity index is 3410. The highest BCUT2D eigenvalue weighted by molar-refractivity contribution is 5.96. The van der Waals surface area contributed by atoms with Crippen LogP contribution < -0.4 is 14.7 Å². The van der Waals surface area contributed by atoms with Crippen LogP contribution in [0.3, 0.4) is 0 Å². The Kier molecular flexibility index (Phi) is 22.1. The number of nitrogens with zero attached hydrogens (tertiary/aromatic N) is 12. The van der Waals surface area contributed by atoms with Crippen LogP contribution in [-0.2, 0) is 30.6 Å². The van der Waals surface area contributed by atoms with Crippen LogP contribution in [0, 0.1) is 17.5 Å². The van der Waals surface area contributed by atoms with E-state index in [9.17, 15) is 50.3 Å². The highest BCUT2D eigenvalue weighted by Crippen LogP contribution is 2.52. The standard InChI is InChI=1S/C25H31FN4O2.C25H37FN4O2.C23H30F4N4O2/c1-2-32-24(31)29-13-8-20(9-14-29)28-15-10-25(11-16-28)18-30(23-5-3-4-12-27-23)22-7-6-19(26)17-21(22)25;1-4-5-6-23(31)29-13-9-20(10-14-29)28-15-11-25(12-16-28)18-30(24(32)27(2)3)22-8-7-19(26)17-21(22)25;1-28(2)21(33)31-15-22(18-13-16(24)3-4-19(18)31)7-11-29(12-8-22)17-5-9-30(10-6-17)20(32)14-23(25,26)27/h3-7,12,17,20H,2,8-11,13-16,18H2,1H3;7-8,17,20H,4-6,9-16,18H2,1-3H3;3-4,13,17H,5-12,14-15H2,1-2H3. The van der Waals surface area contributed by atoms with Gasteiger partial charge in [-0.25, -0.2) is 32.5 Å². The number of pyridine rings is 1. The van der Waals surface area contributed by atoms with Crippen molar-refractivity contribution in [2.75, 3.05) is 148 Å². The number of ether oxygens (including phenoxy) is 1. The first-order valence-corrected chi connectivity index (χ1v) is 35.3. The molecular formula is C73H98F6N12O6. The van der Waals surface area contributed by atoms with Gasteiger partial charge in [-0.05, 0) is 213 Å². The number of halogens is 6. The van der Waals surface area contributed by atoms with Crippen LogP contribution in [0.1, 0.15) is 133 Å². The first kappa shape index (κ1) is 71.1. The van der Waals surface area contributed by atoms with Crippen molar-refractivity contribution in [3.63, 3.8) is 0 Å². The summed E-state index contributed by atoms with van der Waals surface area (Å²) >= 11 is 0. The van der Waals surface area contributed by atoms with Gasteiger partial charge in [0.25, 0.3) is 0 Å². The van der Waals surface area contributed by atoms with E-state index < -0.39 is 18.5 Å². The van der Waals surface area contributed by atoms with Crippen molar-refractivity contribution in [1.29, 1.82) is 0 Å². The number of carbonyl (C=O) groups is 5. The molecule has 97 heavy (non-hydrogen) atoms. The number of carbonyl (C=O) groups excluding carboxylic acids is 5. The van der Waals surface area contributed by atoms with E-state index in [2.05, 4.69) is 31.5 Å². The molecule has 1 aromatic heterocycles. The summed E-state index contributed by atoms with van der Waals surface area (Å²) in [5, 5.41) is 0. The Morgan fingerprint density at radius 1 is 0.515 bits per heavy atom. The Morgan fingerprint density at radius 3 is 1.29 bits per heavy atom. The summed E-state index contributed by atoms with van der Waals surface area (Å²) in [5.41, 5.74) is 5.18. The normalized spacial score (nSPS) is 21.2. The van der Waals surface area contributed by atoms with Crippen molar-refractivity contribution in [2.45, 2.75) is 157 Å². The average Bonchev–Trinajstić information content (AvgIpc) is 1.62. The summed E-state index contributed by atoms with van der Waals surface area (Å²) in [6.07, 6.45) is 9.17. The zero-order valence-corrected chi connectivity index (χ0v) is 57.4. The summed E-state index contributed by atoms with van der Waals surface area (Å²) in [6, 6.07) is 21.7. The fourth-order valence-electron chi connectivity index (χ4n) is 17.1. The van der Waals surface area contributed by atoms with Crippen molar-refractivity contribution in [3.05, 3.63) is 113 Å². The first-order chi connectivity index (χ1) is 46.4. The second-order valence-electron chi connectivity index (χ2n) is 28.8. The second-order valence-corrected chi connectivity index (χ2v) is 28.8. The number of urea groups is 2. The molecule has 528 valence electrons. The number of rotatable bonds is 9. The molecule has 6 fully saturated rings. The van der Waals surface area contributed by atoms with Gasteiger partial charge in [0.1, 0.15) is 29.7 Å². The molecule has 9 aliphatic heterocycles. The maximum absolute atomic E-state index is 14.3. The molecule has 3 aromatic carbocycles. The minimum Gasteiger partial charge on any atom is -0.450 e. The van der Waals surface area contributed by atoms with E-state index in [-0.39, 0.29) is 57.9 Å². The lowest BCUT2D eigenvalue weighted by Gasteiger charge is -2.45. The Morgan fingerprint density at radius 2 is 0.907 bits per heavy atom. The van der Waals surface area contributed by atoms with Crippen LogP contribution in [0.2, 0.25) is 0 Å². The lowest BCUT2D eigenvalue weighted by Crippen LogP contribution is -2.53. The summed E-state index contributed by atoms with van der Waals surface area (Å²) in [5.74, 6) is -0.340. The topological polar surface area (TPSA) is 143 Å². The molecule has 0 radical (unpaired) electrons. The third-order valence-corrected chi connectivity index (χ3v) is 22.5. The summed E-state index contributed by atoms with van der Waals surface area (Å²) in [7, 11) is 6.92. The van der Waals surface area contributed by atoms with Gasteiger partial charge in [0.15, 0.2) is 0 Å². The number of amides is 7. The zero-order valence-electron chi connectivity index (χ0n) is 57.4. The number of benzene rings is 3. The van der Waals surface area contributed by atoms with Crippen molar-refractivity contribution in [2.24, 2.45) is 0 Å². The number of aromatic nitrogens is 1. The molecule has 13 rings (SSSR count). The van der Waals surface area contributed by atoms with Gasteiger partial charge >= 0.3 is 24.3 Å². The van der Waals surface area contributed by atoms with Crippen molar-refractivity contribution in [3.8, 4) is 0 Å². The van der Waals surface area contributed by atoms with E-state index in [0.29, 0.717) is 70.0 Å². The third kappa shape index (κ3) is 15.7. The number of unbranched alkanes of at least 4 members (excludes halogenated alkanes) is 1. The molecule has 0 unspecified atom stereocenters. The molecule has 24 heteroatoms. The molecule has 7 amide bonds. The lowest BCUT2D eigenvalue weighted by molar-refractivity contribution is -0.162. The molecule has 0 bridgehead atoms. The van der Waals surface area contributed by atoms with Crippen molar-refractivity contribution in [1.82, 2.24) is 44.2 Å². The summed E-state index contributed by atoms with van der Waals surface area (Å²) in [6.45, 7) is 15.7. The van der Waals surface area contributed by atoms with Gasteiger partial charge in [0.05, 0.1) is 6.61 Å². The zero-order chi connectivity index (χ0) is 69.0. The molecular weight excluding hydrogens is 1250 g/mol. The van der Waals surface area contributed by atoms with E-state index in [0.717, 1.165) is 189 Å². The number of likely N-dealkylation sites (tertiary alicyclic amines) is 6. The Hall–Kier alpha value is -7.18. The highest BCUT2D eigenvalue weighted by atomic mass is 19.4. The molecule has 18 nitrogen and oxygen atoms in total. The Balaban J connectivity index is 0.000000148. The Labute approximate surface area is 567 Å². The highest BCUT2D eigenvalue weighted by Gasteiger charge is 2.51. The van der Waals surface area contributed by atoms with E-state index in [1.54, 1.807) is 74.4 Å². The van der Waals surface area contributed by atoms with Gasteiger partial charge in [-0.3, -0.25) is 19.4 Å². The number of alkyl halides is 3. The van der Waals surface area contributed by atoms with Gasteiger partial charge in [-0.15, -0.1) is 0 Å². The minimum atomic E-state index is -4.48. The largest absolute Gasteiger partial charge is 0.450 e. The van der Waals surface area contributed by atoms with E-state index in [4.69, 9.17) is 4.74 Å². The van der Waals surface area contributed by atoms with E-state index >= 15 is 0 Å². The quantitative estimate of drug-likeness (QED) is 0.148. The molecule has 10 heterocycles. The first-order valence-electron chi connectivity index (χ1n) is 35.3. The van der Waals surface area contributed by atoms with Crippen LogP contribution in [0.15, 0.2) is 79.0 Å². The summed E-state index contributed by atoms with van der Waals surface area (Å²) < 4.78 is 85.3. The second kappa shape index (κ2) is 30.1. The molecule has 4 aromatic rings. The molecule has 0 N–H and O–H groups in total. The van der Waals surface area contributed by atoms with Gasteiger partial charge in [0, 0.05) is 151 Å². The fraction of sp³-hybridized carbons (Fsp3) is 0.616. The lowest BCUT2D eigenvalue weighted by atomic mass is 9.74. The molecule has 0 aliphatic carbocycles. The van der Waals surface area contributed by atoms with Crippen LogP contribution in [0.4, 0.5) is 63.6 Å². The third-order valence-electron chi connectivity index (χ3n) is 22.5. The average molecular weight is 1350 g/mol. The fourth-order valence-corrected chi connectivity index (χ4v) is 17.1. The predicted molar refractivity (Wildman–Crippen MR) is 362 cm³/mol. The number of hydrogen-bond acceptors (Lipinski definition) is 11. The number of piperidine rings is 6. The maximum Gasteiger partial charge on any atom is 0.409 e. The molecule has 6 saturated heterocycles. The van der Waals surface area contributed by atoms with E-state index in [1.165, 1.54) is 21.9 Å². The van der Waals surface area contributed by atoms with Gasteiger partial charge in [0.2, 0.25) is 11.8 Å². The van der Waals surface area contributed by atoms with Gasteiger partial charge in [-0.1, -0.05) is 19.4 Å². The monoisotopic (exact) mass is 1350 g/mol. The SMILES string of the molecule is CCCCC(=O)N1CCC(N2CCC3(CC2)CN(C(=O)N(C)C)c2ccc(F)cc23)CC1.CCOC(=O)N1CCC(N2CCC3(CC2)CN(c2ccccn2)c2ccc(F)cc23)CC1.CN(C)C(=O)N1CC2(CCN(C3CCN(C(=O)CC(F)(F)F)CC3)CC2)c2cc(F)ccc21. The summed E-state index contributed by atoms with van der Waals surface area (Å²) in [4.78, 5) is 87.9. The van der Waals surface area contributed by atoms with Crippen LogP contribution in [0.5, 0.6) is 0 Å². The predicted octanol–water partition coefficient (Wildman–Crippen LogP) is 11.8. The van der Waals surface area contributed by atoms with Crippen LogP contribution in [0.25, 0.3) is 0 Å².